The van der Waals surface area contributed by atoms with Gasteiger partial charge in [0.1, 0.15) is 11.9 Å². The lowest BCUT2D eigenvalue weighted by atomic mass is 10.1. The summed E-state index contributed by atoms with van der Waals surface area (Å²) in [5.41, 5.74) is -0.985. The molecule has 21 heavy (non-hydrogen) atoms. The van der Waals surface area contributed by atoms with Crippen LogP contribution in [0.1, 0.15) is 16.8 Å². The summed E-state index contributed by atoms with van der Waals surface area (Å²) < 4.78 is 13.8. The van der Waals surface area contributed by atoms with Crippen LogP contribution in [0.15, 0.2) is 18.2 Å². The van der Waals surface area contributed by atoms with Crippen LogP contribution in [0.2, 0.25) is 0 Å². The molecule has 0 radical (unpaired) electrons. The zero-order valence-electron chi connectivity index (χ0n) is 10.6. The number of non-ortho nitro benzene ring substituents is 1. The third kappa shape index (κ3) is 2.82. The van der Waals surface area contributed by atoms with E-state index in [-0.39, 0.29) is 13.0 Å². The number of aliphatic carboxylic acids is 1. The molecule has 0 bridgehead atoms. The van der Waals surface area contributed by atoms with Crippen molar-refractivity contribution in [2.45, 2.75) is 18.6 Å². The number of aliphatic hydroxyl groups excluding tert-OH is 1. The summed E-state index contributed by atoms with van der Waals surface area (Å²) in [6.45, 7) is -0.230. The molecule has 0 aliphatic carbocycles. The van der Waals surface area contributed by atoms with E-state index in [1.165, 1.54) is 0 Å². The molecule has 1 saturated heterocycles. The highest BCUT2D eigenvalue weighted by atomic mass is 19.1. The Morgan fingerprint density at radius 1 is 1.43 bits per heavy atom. The van der Waals surface area contributed by atoms with Gasteiger partial charge in [-0.1, -0.05) is 0 Å². The first-order chi connectivity index (χ1) is 9.81. The van der Waals surface area contributed by atoms with Crippen molar-refractivity contribution >= 4 is 17.6 Å². The SMILES string of the molecule is O=C(O)[C@@H]1CC(O)CN1C(=O)c1ccc([N+](=O)[O-])cc1F. The molecular formula is C12H11FN2O6. The van der Waals surface area contributed by atoms with Crippen molar-refractivity contribution in [3.8, 4) is 0 Å². The number of benzene rings is 1. The fourth-order valence-electron chi connectivity index (χ4n) is 2.22. The Kier molecular flexibility index (Phi) is 3.85. The van der Waals surface area contributed by atoms with E-state index in [0.29, 0.717) is 6.07 Å². The van der Waals surface area contributed by atoms with Gasteiger partial charge < -0.3 is 15.1 Å². The summed E-state index contributed by atoms with van der Waals surface area (Å²) in [6.07, 6.45) is -1.15. The number of carbonyl (C=O) groups is 2. The van der Waals surface area contributed by atoms with Crippen molar-refractivity contribution in [1.82, 2.24) is 4.90 Å². The first-order valence-corrected chi connectivity index (χ1v) is 5.97. The molecule has 1 aliphatic heterocycles. The Hall–Kier alpha value is -2.55. The maximum Gasteiger partial charge on any atom is 0.326 e. The Morgan fingerprint density at radius 2 is 2.10 bits per heavy atom. The van der Waals surface area contributed by atoms with Crippen LogP contribution in [-0.2, 0) is 4.79 Å². The average Bonchev–Trinajstić information content (AvgIpc) is 2.80. The molecule has 2 N–H and O–H groups in total. The highest BCUT2D eigenvalue weighted by Crippen LogP contribution is 2.24. The number of aliphatic hydroxyl groups is 1. The number of β-amino-alcohol motifs (C(OH)–C–C–N with tert-alkyl or cyclic N) is 1. The summed E-state index contributed by atoms with van der Waals surface area (Å²) in [4.78, 5) is 33.7. The zero-order valence-corrected chi connectivity index (χ0v) is 10.6. The second-order valence-electron chi connectivity index (χ2n) is 4.62. The number of nitro benzene ring substituents is 1. The van der Waals surface area contributed by atoms with Crippen molar-refractivity contribution in [3.63, 3.8) is 0 Å². The number of carboxylic acids is 1. The number of halogens is 1. The van der Waals surface area contributed by atoms with Crippen LogP contribution >= 0.6 is 0 Å². The van der Waals surface area contributed by atoms with Gasteiger partial charge in [0.15, 0.2) is 0 Å². The van der Waals surface area contributed by atoms with Crippen molar-refractivity contribution in [2.24, 2.45) is 0 Å². The van der Waals surface area contributed by atoms with Crippen molar-refractivity contribution in [1.29, 1.82) is 0 Å². The number of nitro groups is 1. The Balaban J connectivity index is 2.31. The number of amides is 1. The van der Waals surface area contributed by atoms with Gasteiger partial charge in [-0.2, -0.15) is 0 Å². The molecule has 1 aromatic rings. The molecular weight excluding hydrogens is 287 g/mol. The van der Waals surface area contributed by atoms with Gasteiger partial charge in [-0.3, -0.25) is 14.9 Å². The molecule has 0 aromatic heterocycles. The fraction of sp³-hybridized carbons (Fsp3) is 0.333. The molecule has 2 atom stereocenters. The Morgan fingerprint density at radius 3 is 2.62 bits per heavy atom. The van der Waals surface area contributed by atoms with Crippen LogP contribution in [-0.4, -0.2) is 50.6 Å². The standard InChI is InChI=1S/C12H11FN2O6/c13-9-3-6(15(20)21)1-2-8(9)11(17)14-5-7(16)4-10(14)12(18)19/h1-3,7,10,16H,4-5H2,(H,18,19)/t7?,10-/m0/s1. The fourth-order valence-corrected chi connectivity index (χ4v) is 2.22. The lowest BCUT2D eigenvalue weighted by Gasteiger charge is -2.21. The smallest absolute Gasteiger partial charge is 0.326 e. The molecule has 0 spiro atoms. The minimum Gasteiger partial charge on any atom is -0.480 e. The normalized spacial score (nSPS) is 21.3. The number of hydrogen-bond donors (Lipinski definition) is 2. The van der Waals surface area contributed by atoms with Gasteiger partial charge in [0, 0.05) is 19.0 Å². The Bertz CT molecular complexity index is 620. The highest BCUT2D eigenvalue weighted by Gasteiger charge is 2.40. The first kappa shape index (κ1) is 14.9. The lowest BCUT2D eigenvalue weighted by molar-refractivity contribution is -0.385. The summed E-state index contributed by atoms with van der Waals surface area (Å²) in [7, 11) is 0. The van der Waals surface area contributed by atoms with E-state index in [4.69, 9.17) is 5.11 Å². The van der Waals surface area contributed by atoms with Gasteiger partial charge in [-0.05, 0) is 6.07 Å². The predicted molar refractivity (Wildman–Crippen MR) is 66.1 cm³/mol. The third-order valence-corrected chi connectivity index (χ3v) is 3.22. The van der Waals surface area contributed by atoms with Gasteiger partial charge in [0.05, 0.1) is 22.7 Å². The van der Waals surface area contributed by atoms with Gasteiger partial charge in [0.25, 0.3) is 11.6 Å². The molecule has 9 heteroatoms. The van der Waals surface area contributed by atoms with Crippen LogP contribution < -0.4 is 0 Å². The molecule has 1 fully saturated rings. The maximum absolute atomic E-state index is 13.8. The van der Waals surface area contributed by atoms with E-state index in [1.807, 2.05) is 0 Å². The first-order valence-electron chi connectivity index (χ1n) is 5.97. The molecule has 112 valence electrons. The second kappa shape index (κ2) is 5.44. The largest absolute Gasteiger partial charge is 0.480 e. The molecule has 1 unspecified atom stereocenters. The van der Waals surface area contributed by atoms with Crippen LogP contribution in [0.3, 0.4) is 0 Å². The molecule has 1 aromatic carbocycles. The summed E-state index contributed by atoms with van der Waals surface area (Å²) in [5, 5.41) is 29.0. The van der Waals surface area contributed by atoms with Gasteiger partial charge in [-0.15, -0.1) is 0 Å². The summed E-state index contributed by atoms with van der Waals surface area (Å²) in [5.74, 6) is -3.34. The molecule has 0 saturated carbocycles. The van der Waals surface area contributed by atoms with Crippen LogP contribution in [0.25, 0.3) is 0 Å². The quantitative estimate of drug-likeness (QED) is 0.615. The van der Waals surface area contributed by atoms with E-state index in [9.17, 15) is 29.2 Å². The number of hydrogen-bond acceptors (Lipinski definition) is 5. The molecule has 1 amide bonds. The second-order valence-corrected chi connectivity index (χ2v) is 4.62. The third-order valence-electron chi connectivity index (χ3n) is 3.22. The van der Waals surface area contributed by atoms with Gasteiger partial charge in [0.2, 0.25) is 0 Å². The molecule has 1 aliphatic rings. The molecule has 1 heterocycles. The zero-order chi connectivity index (χ0) is 15.7. The highest BCUT2D eigenvalue weighted by molar-refractivity contribution is 5.97. The minimum absolute atomic E-state index is 0.143. The Labute approximate surface area is 117 Å². The van der Waals surface area contributed by atoms with Crippen LogP contribution in [0.5, 0.6) is 0 Å². The number of carboxylic acid groups (broad SMARTS) is 1. The van der Waals surface area contributed by atoms with Crippen molar-refractivity contribution < 1.29 is 29.1 Å². The van der Waals surface area contributed by atoms with E-state index in [2.05, 4.69) is 0 Å². The minimum atomic E-state index is -1.30. The van der Waals surface area contributed by atoms with E-state index < -0.39 is 46.0 Å². The predicted octanol–water partition coefficient (Wildman–Crippen LogP) is 0.394. The monoisotopic (exact) mass is 298 g/mol. The maximum atomic E-state index is 13.8. The number of likely N-dealkylation sites (tertiary alicyclic amines) is 1. The summed E-state index contributed by atoms with van der Waals surface area (Å²) >= 11 is 0. The van der Waals surface area contributed by atoms with Crippen molar-refractivity contribution in [3.05, 3.63) is 39.7 Å². The van der Waals surface area contributed by atoms with E-state index in [0.717, 1.165) is 17.0 Å². The number of carbonyl (C=O) groups excluding carboxylic acids is 1. The molecule has 8 nitrogen and oxygen atoms in total. The van der Waals surface area contributed by atoms with Crippen LogP contribution in [0.4, 0.5) is 10.1 Å². The lowest BCUT2D eigenvalue weighted by Crippen LogP contribution is -2.40. The van der Waals surface area contributed by atoms with Crippen LogP contribution in [0, 0.1) is 15.9 Å². The molecule has 2 rings (SSSR count). The average molecular weight is 298 g/mol. The van der Waals surface area contributed by atoms with Gasteiger partial charge in [-0.25, -0.2) is 9.18 Å². The van der Waals surface area contributed by atoms with E-state index >= 15 is 0 Å². The van der Waals surface area contributed by atoms with Gasteiger partial charge >= 0.3 is 5.97 Å². The van der Waals surface area contributed by atoms with E-state index in [1.54, 1.807) is 0 Å². The number of rotatable bonds is 3. The van der Waals surface area contributed by atoms with Crippen molar-refractivity contribution in [2.75, 3.05) is 6.54 Å². The topological polar surface area (TPSA) is 121 Å². The summed E-state index contributed by atoms with van der Waals surface area (Å²) in [6, 6.07) is 1.23. The number of nitrogens with zero attached hydrogens (tertiary/aromatic N) is 2.